The molecule has 1 aromatic heterocycles. The number of methoxy groups -OCH3 is 1. The molecule has 0 radical (unpaired) electrons. The molecule has 0 saturated carbocycles. The van der Waals surface area contributed by atoms with Gasteiger partial charge < -0.3 is 10.1 Å². The van der Waals surface area contributed by atoms with E-state index in [0.29, 0.717) is 12.1 Å². The molecule has 1 aromatic rings. The van der Waals surface area contributed by atoms with Gasteiger partial charge in [-0.25, -0.2) is 0 Å². The minimum atomic E-state index is 0.428. The molecule has 2 nitrogen and oxygen atoms in total. The topological polar surface area (TPSA) is 21.3 Å². The number of hydrogen-bond acceptors (Lipinski definition) is 3. The van der Waals surface area contributed by atoms with Gasteiger partial charge in [-0.2, -0.15) is 0 Å². The zero-order valence-electron chi connectivity index (χ0n) is 11.0. The Bertz CT molecular complexity index is 322. The van der Waals surface area contributed by atoms with Crippen LogP contribution in [0.4, 0.5) is 0 Å². The zero-order valence-corrected chi connectivity index (χ0v) is 11.8. The van der Waals surface area contributed by atoms with Crippen molar-refractivity contribution in [3.63, 3.8) is 0 Å². The molecule has 0 aromatic carbocycles. The Labute approximate surface area is 103 Å². The highest BCUT2D eigenvalue weighted by Gasteiger charge is 2.13. The molecule has 1 rings (SSSR count). The van der Waals surface area contributed by atoms with Crippen molar-refractivity contribution in [1.29, 1.82) is 0 Å². The lowest BCUT2D eigenvalue weighted by atomic mass is 10.1. The maximum atomic E-state index is 5.09. The fraction of sp³-hybridized carbons (Fsp3) is 0.692. The number of ether oxygens (including phenoxy) is 1. The fourth-order valence-electron chi connectivity index (χ4n) is 1.97. The lowest BCUT2D eigenvalue weighted by Gasteiger charge is -2.20. The van der Waals surface area contributed by atoms with Gasteiger partial charge in [-0.15, -0.1) is 11.3 Å². The van der Waals surface area contributed by atoms with Crippen LogP contribution in [-0.4, -0.2) is 19.8 Å². The molecule has 0 saturated heterocycles. The largest absolute Gasteiger partial charge is 0.385 e. The third kappa shape index (κ3) is 3.89. The lowest BCUT2D eigenvalue weighted by molar-refractivity contribution is 0.183. The predicted octanol–water partition coefficient (Wildman–Crippen LogP) is 3.44. The molecule has 16 heavy (non-hydrogen) atoms. The Morgan fingerprint density at radius 1 is 1.38 bits per heavy atom. The van der Waals surface area contributed by atoms with Gasteiger partial charge in [0.1, 0.15) is 0 Å². The molecule has 2 unspecified atom stereocenters. The maximum absolute atomic E-state index is 5.09. The summed E-state index contributed by atoms with van der Waals surface area (Å²) in [5.74, 6) is 0. The van der Waals surface area contributed by atoms with Crippen LogP contribution in [0.5, 0.6) is 0 Å². The first-order chi connectivity index (χ1) is 7.54. The summed E-state index contributed by atoms with van der Waals surface area (Å²) < 4.78 is 5.09. The molecule has 0 spiro atoms. The van der Waals surface area contributed by atoms with Crippen molar-refractivity contribution in [1.82, 2.24) is 5.32 Å². The lowest BCUT2D eigenvalue weighted by Crippen LogP contribution is -2.30. The van der Waals surface area contributed by atoms with E-state index in [-0.39, 0.29) is 0 Å². The highest BCUT2D eigenvalue weighted by atomic mass is 32.1. The summed E-state index contributed by atoms with van der Waals surface area (Å²) in [5, 5.41) is 3.61. The van der Waals surface area contributed by atoms with Gasteiger partial charge in [0.25, 0.3) is 0 Å². The predicted molar refractivity (Wildman–Crippen MR) is 71.3 cm³/mol. The van der Waals surface area contributed by atoms with Crippen molar-refractivity contribution >= 4 is 11.3 Å². The second kappa shape index (κ2) is 6.38. The first-order valence-electron chi connectivity index (χ1n) is 5.86. The van der Waals surface area contributed by atoms with Crippen LogP contribution in [0.25, 0.3) is 0 Å². The van der Waals surface area contributed by atoms with Gasteiger partial charge in [-0.3, -0.25) is 0 Å². The van der Waals surface area contributed by atoms with E-state index in [4.69, 9.17) is 4.74 Å². The molecular weight excluding hydrogens is 218 g/mol. The van der Waals surface area contributed by atoms with Crippen LogP contribution in [0.2, 0.25) is 0 Å². The standard InChI is InChI=1S/C13H23NOS/c1-9(6-7-15-5)14-11(3)13-8-10(2)16-12(13)4/h8-9,11,14H,6-7H2,1-5H3. The van der Waals surface area contributed by atoms with Crippen molar-refractivity contribution in [3.05, 3.63) is 21.4 Å². The van der Waals surface area contributed by atoms with Crippen molar-refractivity contribution in [2.75, 3.05) is 13.7 Å². The third-order valence-electron chi connectivity index (χ3n) is 2.84. The molecule has 2 atom stereocenters. The minimum Gasteiger partial charge on any atom is -0.385 e. The monoisotopic (exact) mass is 241 g/mol. The SMILES string of the molecule is COCCC(C)NC(C)c1cc(C)sc1C. The highest BCUT2D eigenvalue weighted by Crippen LogP contribution is 2.26. The molecule has 1 heterocycles. The van der Waals surface area contributed by atoms with E-state index in [9.17, 15) is 0 Å². The average Bonchev–Trinajstić information content (AvgIpc) is 2.54. The number of hydrogen-bond donors (Lipinski definition) is 1. The molecular formula is C13H23NOS. The summed E-state index contributed by atoms with van der Waals surface area (Å²) in [6.45, 7) is 9.64. The minimum absolute atomic E-state index is 0.428. The molecule has 3 heteroatoms. The van der Waals surface area contributed by atoms with E-state index in [2.05, 4.69) is 39.1 Å². The summed E-state index contributed by atoms with van der Waals surface area (Å²) in [6.07, 6.45) is 1.06. The Balaban J connectivity index is 2.51. The van der Waals surface area contributed by atoms with Crippen LogP contribution in [0.3, 0.4) is 0 Å². The van der Waals surface area contributed by atoms with Gasteiger partial charge in [0.15, 0.2) is 0 Å². The number of aryl methyl sites for hydroxylation is 2. The second-order valence-electron chi connectivity index (χ2n) is 4.44. The Hall–Kier alpha value is -0.380. The third-order valence-corrected chi connectivity index (χ3v) is 3.82. The van der Waals surface area contributed by atoms with Crippen molar-refractivity contribution < 1.29 is 4.74 Å². The summed E-state index contributed by atoms with van der Waals surface area (Å²) in [7, 11) is 1.75. The van der Waals surface area contributed by atoms with Crippen molar-refractivity contribution in [2.45, 2.75) is 46.2 Å². The van der Waals surface area contributed by atoms with Gasteiger partial charge >= 0.3 is 0 Å². The fourth-order valence-corrected chi connectivity index (χ4v) is 3.00. The van der Waals surface area contributed by atoms with Gasteiger partial charge in [0, 0.05) is 35.6 Å². The van der Waals surface area contributed by atoms with Crippen LogP contribution >= 0.6 is 11.3 Å². The number of rotatable bonds is 6. The van der Waals surface area contributed by atoms with Crippen LogP contribution in [0.15, 0.2) is 6.07 Å². The summed E-state index contributed by atoms with van der Waals surface area (Å²) in [4.78, 5) is 2.82. The Morgan fingerprint density at radius 3 is 2.56 bits per heavy atom. The van der Waals surface area contributed by atoms with Gasteiger partial charge in [0.2, 0.25) is 0 Å². The van der Waals surface area contributed by atoms with Gasteiger partial charge in [-0.1, -0.05) is 0 Å². The van der Waals surface area contributed by atoms with Crippen molar-refractivity contribution in [3.8, 4) is 0 Å². The first-order valence-corrected chi connectivity index (χ1v) is 6.68. The average molecular weight is 241 g/mol. The Morgan fingerprint density at radius 2 is 2.06 bits per heavy atom. The number of nitrogens with one attached hydrogen (secondary N) is 1. The van der Waals surface area contributed by atoms with E-state index < -0.39 is 0 Å². The number of thiophene rings is 1. The Kier molecular flexibility index (Phi) is 5.46. The molecule has 0 bridgehead atoms. The molecule has 1 N–H and O–H groups in total. The van der Waals surface area contributed by atoms with E-state index in [1.54, 1.807) is 7.11 Å². The van der Waals surface area contributed by atoms with Crippen LogP contribution in [-0.2, 0) is 4.74 Å². The summed E-state index contributed by atoms with van der Waals surface area (Å²) in [6, 6.07) is 3.21. The van der Waals surface area contributed by atoms with E-state index >= 15 is 0 Å². The molecule has 0 aliphatic heterocycles. The zero-order chi connectivity index (χ0) is 12.1. The molecule has 0 fully saturated rings. The normalized spacial score (nSPS) is 15.1. The van der Waals surface area contributed by atoms with Crippen LogP contribution < -0.4 is 5.32 Å². The van der Waals surface area contributed by atoms with E-state index in [1.807, 2.05) is 11.3 Å². The van der Waals surface area contributed by atoms with Crippen molar-refractivity contribution in [2.24, 2.45) is 0 Å². The molecule has 0 aliphatic carbocycles. The molecule has 0 amide bonds. The summed E-state index contributed by atoms with van der Waals surface area (Å²) in [5.41, 5.74) is 1.44. The molecule has 92 valence electrons. The quantitative estimate of drug-likeness (QED) is 0.824. The summed E-state index contributed by atoms with van der Waals surface area (Å²) >= 11 is 1.88. The highest BCUT2D eigenvalue weighted by molar-refractivity contribution is 7.12. The maximum Gasteiger partial charge on any atom is 0.0476 e. The molecule has 0 aliphatic rings. The van der Waals surface area contributed by atoms with Gasteiger partial charge in [0.05, 0.1) is 0 Å². The second-order valence-corrected chi connectivity index (χ2v) is 5.90. The van der Waals surface area contributed by atoms with Crippen LogP contribution in [0, 0.1) is 13.8 Å². The van der Waals surface area contributed by atoms with E-state index in [1.165, 1.54) is 15.3 Å². The first kappa shape index (κ1) is 13.7. The van der Waals surface area contributed by atoms with Crippen LogP contribution in [0.1, 0.15) is 41.6 Å². The van der Waals surface area contributed by atoms with E-state index in [0.717, 1.165) is 13.0 Å². The van der Waals surface area contributed by atoms with Gasteiger partial charge in [-0.05, 0) is 45.7 Å². The smallest absolute Gasteiger partial charge is 0.0476 e.